The van der Waals surface area contributed by atoms with Crippen LogP contribution < -0.4 is 26.8 Å². The molecule has 3 rings (SSSR count). The first-order valence-electron chi connectivity index (χ1n) is 9.33. The first-order chi connectivity index (χ1) is 14.5. The molecule has 0 radical (unpaired) electrons. The standard InChI is InChI=1S/C22H23FN4O3/c1-26-22(29)17-10-14(21(28)27-15(12-25)7-8-24)9-16-19(13-5-3-2-4-6-13)18(11-23)30-20(16)17/h2-10,12,18-19H,11,24-25H2,1H3,(H,26,29)(H,27,28)/b8-7-,15-12+/t18-,19+/m1/s1. The number of benzene rings is 2. The Kier molecular flexibility index (Phi) is 6.36. The molecule has 1 heterocycles. The SMILES string of the molecule is CNC(=O)c1cc(C(=O)NC(/C=C\N)=C/N)cc2c1O[C@H](CF)[C@H]2c1ccccc1. The van der Waals surface area contributed by atoms with Gasteiger partial charge in [-0.2, -0.15) is 0 Å². The summed E-state index contributed by atoms with van der Waals surface area (Å²) in [6.45, 7) is -0.746. The van der Waals surface area contributed by atoms with Crippen molar-refractivity contribution in [1.29, 1.82) is 0 Å². The fourth-order valence-corrected chi connectivity index (χ4v) is 3.49. The van der Waals surface area contributed by atoms with Gasteiger partial charge in [-0.05, 0) is 30.0 Å². The molecule has 1 aliphatic rings. The van der Waals surface area contributed by atoms with E-state index in [0.717, 1.165) is 5.56 Å². The van der Waals surface area contributed by atoms with Gasteiger partial charge in [-0.25, -0.2) is 4.39 Å². The molecule has 1 aliphatic heterocycles. The second kappa shape index (κ2) is 9.13. The highest BCUT2D eigenvalue weighted by Gasteiger charge is 2.39. The summed E-state index contributed by atoms with van der Waals surface area (Å²) in [5, 5.41) is 5.16. The normalized spacial score (nSPS) is 18.0. The van der Waals surface area contributed by atoms with Gasteiger partial charge in [0.25, 0.3) is 11.8 Å². The summed E-state index contributed by atoms with van der Waals surface area (Å²) in [5.41, 5.74) is 12.9. The first-order valence-corrected chi connectivity index (χ1v) is 9.33. The zero-order valence-corrected chi connectivity index (χ0v) is 16.4. The first kappa shape index (κ1) is 20.9. The van der Waals surface area contributed by atoms with E-state index in [9.17, 15) is 14.0 Å². The Morgan fingerprint density at radius 2 is 1.90 bits per heavy atom. The Hall–Kier alpha value is -3.81. The molecule has 30 heavy (non-hydrogen) atoms. The highest BCUT2D eigenvalue weighted by molar-refractivity contribution is 6.03. The minimum atomic E-state index is -0.802. The summed E-state index contributed by atoms with van der Waals surface area (Å²) in [6, 6.07) is 12.3. The van der Waals surface area contributed by atoms with E-state index in [2.05, 4.69) is 10.6 Å². The van der Waals surface area contributed by atoms with Crippen LogP contribution in [0, 0.1) is 0 Å². The van der Waals surface area contributed by atoms with Crippen LogP contribution >= 0.6 is 0 Å². The topological polar surface area (TPSA) is 119 Å². The van der Waals surface area contributed by atoms with Crippen LogP contribution in [0.1, 0.15) is 37.8 Å². The largest absolute Gasteiger partial charge is 0.486 e. The van der Waals surface area contributed by atoms with E-state index in [0.29, 0.717) is 11.3 Å². The number of fused-ring (bicyclic) bond motifs is 1. The molecule has 0 aromatic heterocycles. The van der Waals surface area contributed by atoms with Crippen molar-refractivity contribution >= 4 is 11.8 Å². The summed E-state index contributed by atoms with van der Waals surface area (Å²) in [5.74, 6) is -1.12. The van der Waals surface area contributed by atoms with Crippen molar-refractivity contribution < 1.29 is 18.7 Å². The average Bonchev–Trinajstić information content (AvgIpc) is 3.16. The Labute approximate surface area is 173 Å². The minimum Gasteiger partial charge on any atom is -0.486 e. The highest BCUT2D eigenvalue weighted by Crippen LogP contribution is 2.45. The van der Waals surface area contributed by atoms with Gasteiger partial charge in [0.2, 0.25) is 0 Å². The molecule has 7 nitrogen and oxygen atoms in total. The van der Waals surface area contributed by atoms with E-state index in [1.165, 1.54) is 31.6 Å². The van der Waals surface area contributed by atoms with Crippen molar-refractivity contribution in [2.75, 3.05) is 13.7 Å². The highest BCUT2D eigenvalue weighted by atomic mass is 19.1. The number of rotatable bonds is 6. The van der Waals surface area contributed by atoms with E-state index in [1.54, 1.807) is 6.07 Å². The molecule has 0 spiro atoms. The van der Waals surface area contributed by atoms with Crippen molar-refractivity contribution in [3.63, 3.8) is 0 Å². The quantitative estimate of drug-likeness (QED) is 0.543. The van der Waals surface area contributed by atoms with Crippen LogP contribution in [0.3, 0.4) is 0 Å². The molecule has 6 N–H and O–H groups in total. The Morgan fingerprint density at radius 1 is 1.17 bits per heavy atom. The summed E-state index contributed by atoms with van der Waals surface area (Å²) in [4.78, 5) is 25.3. The van der Waals surface area contributed by atoms with E-state index >= 15 is 0 Å². The van der Waals surface area contributed by atoms with Crippen molar-refractivity contribution in [2.45, 2.75) is 12.0 Å². The zero-order chi connectivity index (χ0) is 21.7. The number of hydrogen-bond donors (Lipinski definition) is 4. The summed E-state index contributed by atoms with van der Waals surface area (Å²) < 4.78 is 19.7. The number of carbonyl (C=O) groups is 2. The monoisotopic (exact) mass is 410 g/mol. The number of ether oxygens (including phenoxy) is 1. The molecule has 2 amide bonds. The van der Waals surface area contributed by atoms with E-state index in [1.807, 2.05) is 30.3 Å². The van der Waals surface area contributed by atoms with E-state index in [4.69, 9.17) is 16.2 Å². The maximum Gasteiger partial charge on any atom is 0.255 e. The van der Waals surface area contributed by atoms with E-state index < -0.39 is 30.5 Å². The predicted molar refractivity (Wildman–Crippen MR) is 112 cm³/mol. The van der Waals surface area contributed by atoms with Gasteiger partial charge in [-0.15, -0.1) is 0 Å². The fourth-order valence-electron chi connectivity index (χ4n) is 3.49. The van der Waals surface area contributed by atoms with Crippen LogP contribution in [0.4, 0.5) is 4.39 Å². The van der Waals surface area contributed by atoms with Gasteiger partial charge < -0.3 is 26.8 Å². The number of nitrogens with two attached hydrogens (primary N) is 2. The van der Waals surface area contributed by atoms with Gasteiger partial charge in [-0.3, -0.25) is 9.59 Å². The second-order valence-corrected chi connectivity index (χ2v) is 6.66. The molecule has 2 aromatic rings. The third-order valence-electron chi connectivity index (χ3n) is 4.85. The van der Waals surface area contributed by atoms with Crippen molar-refractivity contribution in [3.05, 3.63) is 88.9 Å². The van der Waals surface area contributed by atoms with Gasteiger partial charge in [0.05, 0.1) is 17.2 Å². The lowest BCUT2D eigenvalue weighted by atomic mass is 9.86. The van der Waals surface area contributed by atoms with Gasteiger partial charge in [0.1, 0.15) is 18.5 Å². The molecule has 0 saturated heterocycles. The van der Waals surface area contributed by atoms with Crippen LogP contribution in [0.25, 0.3) is 0 Å². The summed E-state index contributed by atoms with van der Waals surface area (Å²) in [6.07, 6.45) is 3.07. The number of nitrogens with one attached hydrogen (secondary N) is 2. The smallest absolute Gasteiger partial charge is 0.255 e. The van der Waals surface area contributed by atoms with Crippen molar-refractivity contribution in [1.82, 2.24) is 10.6 Å². The van der Waals surface area contributed by atoms with Crippen LogP contribution in [0.2, 0.25) is 0 Å². The molecule has 156 valence electrons. The van der Waals surface area contributed by atoms with E-state index in [-0.39, 0.29) is 16.9 Å². The van der Waals surface area contributed by atoms with Crippen LogP contribution in [0.15, 0.2) is 66.6 Å². The predicted octanol–water partition coefficient (Wildman–Crippen LogP) is 1.91. The molecule has 2 aromatic carbocycles. The van der Waals surface area contributed by atoms with Gasteiger partial charge in [-0.1, -0.05) is 30.3 Å². The number of allylic oxidation sites excluding steroid dienone is 1. The Morgan fingerprint density at radius 3 is 2.50 bits per heavy atom. The number of carbonyl (C=O) groups excluding carboxylic acids is 2. The molecule has 2 atom stereocenters. The lowest BCUT2D eigenvalue weighted by Gasteiger charge is -2.16. The summed E-state index contributed by atoms with van der Waals surface area (Å²) >= 11 is 0. The van der Waals surface area contributed by atoms with Crippen molar-refractivity contribution in [2.24, 2.45) is 11.5 Å². The average molecular weight is 410 g/mol. The number of halogens is 1. The Bertz CT molecular complexity index is 1000. The van der Waals surface area contributed by atoms with Crippen LogP contribution in [-0.4, -0.2) is 31.6 Å². The Balaban J connectivity index is 2.12. The molecular weight excluding hydrogens is 387 g/mol. The van der Waals surface area contributed by atoms with Crippen LogP contribution in [0.5, 0.6) is 5.75 Å². The third-order valence-corrected chi connectivity index (χ3v) is 4.85. The third kappa shape index (κ3) is 3.98. The lowest BCUT2D eigenvalue weighted by molar-refractivity contribution is 0.0955. The lowest BCUT2D eigenvalue weighted by Crippen LogP contribution is -2.24. The fraction of sp³-hybridized carbons (Fsp3) is 0.182. The van der Waals surface area contributed by atoms with Gasteiger partial charge >= 0.3 is 0 Å². The molecule has 0 bridgehead atoms. The molecule has 8 heteroatoms. The zero-order valence-electron chi connectivity index (χ0n) is 16.4. The molecule has 0 aliphatic carbocycles. The molecule has 0 saturated carbocycles. The maximum atomic E-state index is 13.8. The number of amides is 2. The maximum absolute atomic E-state index is 13.8. The molecule has 0 fully saturated rings. The molecular formula is C22H23FN4O3. The number of hydrogen-bond acceptors (Lipinski definition) is 5. The molecule has 0 unspecified atom stereocenters. The van der Waals surface area contributed by atoms with Crippen LogP contribution in [-0.2, 0) is 0 Å². The minimum absolute atomic E-state index is 0.157. The van der Waals surface area contributed by atoms with Gasteiger partial charge in [0.15, 0.2) is 0 Å². The summed E-state index contributed by atoms with van der Waals surface area (Å²) in [7, 11) is 1.47. The van der Waals surface area contributed by atoms with Gasteiger partial charge in [0, 0.05) is 24.4 Å². The number of alkyl halides is 1. The van der Waals surface area contributed by atoms with Crippen molar-refractivity contribution in [3.8, 4) is 5.75 Å². The second-order valence-electron chi connectivity index (χ2n) is 6.66.